The van der Waals surface area contributed by atoms with Crippen molar-refractivity contribution in [3.63, 3.8) is 0 Å². The molecule has 6 heterocycles. The Morgan fingerprint density at radius 1 is 0.414 bits per heavy atom. The van der Waals surface area contributed by atoms with Crippen LogP contribution < -0.4 is 5.32 Å². The summed E-state index contributed by atoms with van der Waals surface area (Å²) in [7, 11) is 0. The average Bonchev–Trinajstić information content (AvgIpc) is 4.23. The summed E-state index contributed by atoms with van der Waals surface area (Å²) in [5, 5.41) is 2.86. The summed E-state index contributed by atoms with van der Waals surface area (Å²) in [6, 6.07) is 3.98. The Hall–Kier alpha value is -7.76. The van der Waals surface area contributed by atoms with Crippen LogP contribution in [-0.4, -0.2) is 32.4 Å². The fraction of sp³-hybridized carbons (Fsp3) is 0.163. The third-order valence-electron chi connectivity index (χ3n) is 13.5. The van der Waals surface area contributed by atoms with Crippen molar-refractivity contribution < 1.29 is 70.7 Å². The van der Waals surface area contributed by atoms with Gasteiger partial charge in [0, 0.05) is 51.6 Å². The summed E-state index contributed by atoms with van der Waals surface area (Å²) in [5.41, 5.74) is -12.3. The zero-order chi connectivity index (χ0) is 49.5. The maximum Gasteiger partial charge on any atom is 0.223 e. The first-order chi connectivity index (χ1) is 33.4. The number of aromatic amines is 2. The first kappa shape index (κ1) is 44.7. The topological polar surface area (TPSA) is 86.5 Å². The highest BCUT2D eigenvalue weighted by molar-refractivity contribution is 5.98. The normalized spacial score (nSPS) is 19.8. The number of rotatable bonds is 3. The minimum atomic E-state index is -2.62. The molecule has 0 spiro atoms. The molecule has 2 saturated carbocycles. The Morgan fingerprint density at radius 3 is 1.17 bits per heavy atom. The van der Waals surface area contributed by atoms with Gasteiger partial charge in [-0.3, -0.25) is 4.79 Å². The van der Waals surface area contributed by atoms with E-state index >= 15 is 52.7 Å². The predicted molar refractivity (Wildman–Crippen MR) is 221 cm³/mol. The minimum absolute atomic E-state index is 0.0373. The molecule has 3 aromatic heterocycles. The van der Waals surface area contributed by atoms with Crippen LogP contribution in [0.25, 0.3) is 79.8 Å². The molecule has 6 nitrogen and oxygen atoms in total. The van der Waals surface area contributed by atoms with Gasteiger partial charge < -0.3 is 15.3 Å². The molecule has 0 radical (unpaired) electrons. The van der Waals surface area contributed by atoms with Gasteiger partial charge in [0.15, 0.2) is 69.8 Å². The number of carbonyl (C=O) groups excluding carboxylic acids is 1. The number of hydrogen-bond donors (Lipinski definition) is 3. The van der Waals surface area contributed by atoms with E-state index in [9.17, 15) is 18.0 Å². The molecule has 5 atom stereocenters. The number of nitrogens with one attached hydrogen (secondary N) is 3. The van der Waals surface area contributed by atoms with E-state index in [2.05, 4.69) is 37.1 Å². The number of amides is 1. The van der Waals surface area contributed by atoms with E-state index in [1.165, 1.54) is 12.1 Å². The standard InChI is InChI=1S/C49H22F15N5O/c50-34-31(35(51)41(57)46(62)40(34)56)28-21-7-5-19(66-21)17(4-2-14-15-1-3-16(14)27-18(15)13-65-49(27)70)20-6-8-22(67-20)29(32-36(52)42(58)47(63)43(59)37(32)53)24-10-12-26(69-24)30(25-11-9-23(28)68-25)33-38(54)44(60)48(64)45(61)39(33)55/h5-12,14-16,18,27,66,69H,1,3,13H2,(H,65,70). The second-order valence-electron chi connectivity index (χ2n) is 17.0. The van der Waals surface area contributed by atoms with Crippen LogP contribution in [0.5, 0.6) is 0 Å². The second kappa shape index (κ2) is 15.9. The fourth-order valence-corrected chi connectivity index (χ4v) is 10.5. The predicted octanol–water partition coefficient (Wildman–Crippen LogP) is 12.1. The summed E-state index contributed by atoms with van der Waals surface area (Å²) in [6.45, 7) is 0.415. The van der Waals surface area contributed by atoms with Gasteiger partial charge in [0.2, 0.25) is 23.4 Å². The van der Waals surface area contributed by atoms with Crippen LogP contribution in [0.4, 0.5) is 65.9 Å². The molecule has 21 heteroatoms. The van der Waals surface area contributed by atoms with E-state index in [1.807, 2.05) is 0 Å². The van der Waals surface area contributed by atoms with Gasteiger partial charge >= 0.3 is 0 Å². The molecule has 3 aromatic carbocycles. The Morgan fingerprint density at radius 2 is 0.757 bits per heavy atom. The van der Waals surface area contributed by atoms with Gasteiger partial charge in [0.05, 0.1) is 50.5 Å². The SMILES string of the molecule is O=C1NCC2C3CCC(C3C#Cc3c4nc(c(-c5c(F)c(F)c(F)c(F)c5F)c5ccc([nH]5)c(-c5c(F)c(F)c(F)c(F)c5F)c5nc(c(-c6c(F)c(F)c(F)c(F)c6F)c6ccc3[nH]6)C=C5)C=C4)C12. The zero-order valence-corrected chi connectivity index (χ0v) is 34.6. The Bertz CT molecular complexity index is 3560. The smallest absolute Gasteiger partial charge is 0.223 e. The van der Waals surface area contributed by atoms with Gasteiger partial charge in [0.1, 0.15) is 0 Å². The number of halogens is 15. The molecular formula is C49H22F15N5O. The maximum atomic E-state index is 16.0. The number of aromatic nitrogens is 4. The summed E-state index contributed by atoms with van der Waals surface area (Å²) in [5.74, 6) is -31.8. The molecule has 2 aliphatic carbocycles. The van der Waals surface area contributed by atoms with Crippen molar-refractivity contribution in [1.82, 2.24) is 25.3 Å². The van der Waals surface area contributed by atoms with Crippen molar-refractivity contribution in [2.45, 2.75) is 12.8 Å². The number of benzene rings is 3. The monoisotopic (exact) mass is 981 g/mol. The molecule has 70 heavy (non-hydrogen) atoms. The Labute approximate surface area is 381 Å². The van der Waals surface area contributed by atoms with Crippen LogP contribution in [0.3, 0.4) is 0 Å². The van der Waals surface area contributed by atoms with Gasteiger partial charge in [-0.05, 0) is 79.2 Å². The Kier molecular flexibility index (Phi) is 10.2. The summed E-state index contributed by atoms with van der Waals surface area (Å²) in [4.78, 5) is 26.7. The lowest BCUT2D eigenvalue weighted by Crippen LogP contribution is -2.25. The molecule has 3 fully saturated rings. The minimum Gasteiger partial charge on any atom is -0.356 e. The van der Waals surface area contributed by atoms with E-state index in [-0.39, 0.29) is 52.3 Å². The lowest BCUT2D eigenvalue weighted by atomic mass is 9.81. The number of carbonyl (C=O) groups is 1. The number of H-pyrrole nitrogens is 2. The van der Waals surface area contributed by atoms with Crippen LogP contribution in [-0.2, 0) is 4.79 Å². The van der Waals surface area contributed by atoms with Crippen molar-refractivity contribution in [3.8, 4) is 45.2 Å². The third kappa shape index (κ3) is 6.30. The van der Waals surface area contributed by atoms with Crippen LogP contribution >= 0.6 is 0 Å². The Balaban J connectivity index is 1.32. The van der Waals surface area contributed by atoms with E-state index in [1.54, 1.807) is 0 Å². The molecule has 11 rings (SSSR count). The lowest BCUT2D eigenvalue weighted by molar-refractivity contribution is -0.124. The molecule has 1 saturated heterocycles. The van der Waals surface area contributed by atoms with Gasteiger partial charge in [0.25, 0.3) is 0 Å². The molecule has 10 bridgehead atoms. The van der Waals surface area contributed by atoms with Crippen molar-refractivity contribution in [3.05, 3.63) is 140 Å². The molecule has 3 N–H and O–H groups in total. The van der Waals surface area contributed by atoms with Gasteiger partial charge in [-0.1, -0.05) is 11.8 Å². The van der Waals surface area contributed by atoms with Crippen LogP contribution in [0.1, 0.15) is 41.2 Å². The molecule has 5 unspecified atom stereocenters. The zero-order valence-electron chi connectivity index (χ0n) is 34.6. The summed E-state index contributed by atoms with van der Waals surface area (Å²) >= 11 is 0. The quantitative estimate of drug-likeness (QED) is 0.0713. The molecule has 1 amide bonds. The fourth-order valence-electron chi connectivity index (χ4n) is 10.5. The van der Waals surface area contributed by atoms with Crippen LogP contribution in [0, 0.1) is 129 Å². The van der Waals surface area contributed by atoms with Crippen molar-refractivity contribution in [2.75, 3.05) is 6.54 Å². The summed E-state index contributed by atoms with van der Waals surface area (Å²) in [6.07, 6.45) is 5.23. The van der Waals surface area contributed by atoms with Gasteiger partial charge in [-0.15, -0.1) is 0 Å². The largest absolute Gasteiger partial charge is 0.356 e. The third-order valence-corrected chi connectivity index (χ3v) is 13.5. The number of nitrogens with zero attached hydrogens (tertiary/aromatic N) is 2. The van der Waals surface area contributed by atoms with Crippen molar-refractivity contribution in [1.29, 1.82) is 0 Å². The highest BCUT2D eigenvalue weighted by Gasteiger charge is 2.59. The second-order valence-corrected chi connectivity index (χ2v) is 17.0. The van der Waals surface area contributed by atoms with E-state index in [0.717, 1.165) is 42.8 Å². The highest BCUT2D eigenvalue weighted by atomic mass is 19.2. The van der Waals surface area contributed by atoms with E-state index in [4.69, 9.17) is 0 Å². The summed E-state index contributed by atoms with van der Waals surface area (Å²) < 4.78 is 229. The van der Waals surface area contributed by atoms with Crippen LogP contribution in [0.2, 0.25) is 0 Å². The maximum absolute atomic E-state index is 16.0. The van der Waals surface area contributed by atoms with Gasteiger partial charge in [-0.25, -0.2) is 75.8 Å². The van der Waals surface area contributed by atoms with Crippen molar-refractivity contribution >= 4 is 52.3 Å². The van der Waals surface area contributed by atoms with Gasteiger partial charge in [-0.2, -0.15) is 0 Å². The van der Waals surface area contributed by atoms with Crippen LogP contribution in [0.15, 0.2) is 24.3 Å². The van der Waals surface area contributed by atoms with E-state index < -0.39 is 154 Å². The average molecular weight is 982 g/mol. The first-order valence-electron chi connectivity index (χ1n) is 20.9. The molecule has 3 aliphatic heterocycles. The number of hydrogen-bond acceptors (Lipinski definition) is 3. The lowest BCUT2D eigenvalue weighted by Gasteiger charge is -2.20. The molecule has 5 aliphatic rings. The molecule has 6 aromatic rings. The highest BCUT2D eigenvalue weighted by Crippen LogP contribution is 2.57. The van der Waals surface area contributed by atoms with E-state index in [0.29, 0.717) is 13.0 Å². The molecular weight excluding hydrogens is 960 g/mol. The number of fused-ring (bicyclic) bond motifs is 13. The first-order valence-corrected chi connectivity index (χ1v) is 20.9. The van der Waals surface area contributed by atoms with Crippen molar-refractivity contribution in [2.24, 2.45) is 29.6 Å². The molecule has 354 valence electrons.